The van der Waals surface area contributed by atoms with E-state index >= 15 is 0 Å². The summed E-state index contributed by atoms with van der Waals surface area (Å²) in [6.45, 7) is 3.46. The van der Waals surface area contributed by atoms with Crippen LogP contribution in [0.15, 0.2) is 18.2 Å². The monoisotopic (exact) mass is 267 g/mol. The van der Waals surface area contributed by atoms with Crippen LogP contribution in [0, 0.1) is 17.1 Å². The fourth-order valence-corrected chi connectivity index (χ4v) is 2.53. The molecule has 1 aliphatic heterocycles. The Labute approximate surface area is 111 Å². The quantitative estimate of drug-likeness (QED) is 0.914. The molecule has 0 aliphatic carbocycles. The predicted molar refractivity (Wildman–Crippen MR) is 68.8 cm³/mol. The minimum absolute atomic E-state index is 0.125. The molecule has 18 heavy (non-hydrogen) atoms. The van der Waals surface area contributed by atoms with E-state index in [0.29, 0.717) is 17.0 Å². The summed E-state index contributed by atoms with van der Waals surface area (Å²) in [4.78, 5) is 2.18. The highest BCUT2D eigenvalue weighted by Crippen LogP contribution is 2.30. The fourth-order valence-electron chi connectivity index (χ4n) is 2.29. The van der Waals surface area contributed by atoms with Gasteiger partial charge in [0, 0.05) is 37.2 Å². The van der Waals surface area contributed by atoms with E-state index < -0.39 is 0 Å². The third-order valence-electron chi connectivity index (χ3n) is 3.19. The lowest BCUT2D eigenvalue weighted by Crippen LogP contribution is -2.45. The number of rotatable bonds is 3. The fraction of sp³-hybridized carbons (Fsp3) is 0.462. The van der Waals surface area contributed by atoms with Crippen molar-refractivity contribution >= 4 is 11.6 Å². The summed E-state index contributed by atoms with van der Waals surface area (Å²) in [5.41, 5.74) is 0.708. The van der Waals surface area contributed by atoms with Crippen LogP contribution in [0.25, 0.3) is 0 Å². The zero-order valence-corrected chi connectivity index (χ0v) is 10.8. The van der Waals surface area contributed by atoms with Crippen LogP contribution in [-0.2, 0) is 0 Å². The third-order valence-corrected chi connectivity index (χ3v) is 3.54. The van der Waals surface area contributed by atoms with Gasteiger partial charge in [-0.2, -0.15) is 5.26 Å². The lowest BCUT2D eigenvalue weighted by atomic mass is 10.0. The molecule has 2 rings (SSSR count). The van der Waals surface area contributed by atoms with Gasteiger partial charge in [0.15, 0.2) is 0 Å². The van der Waals surface area contributed by atoms with Gasteiger partial charge < -0.3 is 5.32 Å². The van der Waals surface area contributed by atoms with Crippen LogP contribution in [0.2, 0.25) is 5.02 Å². The topological polar surface area (TPSA) is 39.1 Å². The number of hydrogen-bond donors (Lipinski definition) is 1. The highest BCUT2D eigenvalue weighted by molar-refractivity contribution is 6.31. The molecule has 1 fully saturated rings. The van der Waals surface area contributed by atoms with E-state index in [9.17, 15) is 4.39 Å². The van der Waals surface area contributed by atoms with Crippen molar-refractivity contribution in [3.8, 4) is 6.07 Å². The molecular formula is C13H15ClFN3. The van der Waals surface area contributed by atoms with Gasteiger partial charge in [0.25, 0.3) is 0 Å². The number of halogens is 2. The largest absolute Gasteiger partial charge is 0.314 e. The van der Waals surface area contributed by atoms with Crippen molar-refractivity contribution in [2.45, 2.75) is 12.5 Å². The molecule has 0 radical (unpaired) electrons. The molecule has 3 nitrogen and oxygen atoms in total. The Morgan fingerprint density at radius 2 is 2.17 bits per heavy atom. The molecule has 0 aromatic heterocycles. The summed E-state index contributed by atoms with van der Waals surface area (Å²) in [5, 5.41) is 12.7. The van der Waals surface area contributed by atoms with E-state index in [-0.39, 0.29) is 11.9 Å². The summed E-state index contributed by atoms with van der Waals surface area (Å²) < 4.78 is 13.3. The van der Waals surface area contributed by atoms with Crippen molar-refractivity contribution in [2.24, 2.45) is 0 Å². The summed E-state index contributed by atoms with van der Waals surface area (Å²) in [6, 6.07) is 6.37. The van der Waals surface area contributed by atoms with Crippen LogP contribution >= 0.6 is 11.6 Å². The van der Waals surface area contributed by atoms with Crippen LogP contribution in [0.5, 0.6) is 0 Å². The van der Waals surface area contributed by atoms with Gasteiger partial charge in [-0.05, 0) is 23.8 Å². The molecule has 96 valence electrons. The maximum absolute atomic E-state index is 13.3. The number of nitrogens with one attached hydrogen (secondary N) is 1. The number of hydrogen-bond acceptors (Lipinski definition) is 3. The first-order valence-corrected chi connectivity index (χ1v) is 6.37. The molecule has 1 saturated heterocycles. The lowest BCUT2D eigenvalue weighted by Gasteiger charge is -2.34. The molecule has 0 spiro atoms. The molecule has 1 aromatic rings. The van der Waals surface area contributed by atoms with Gasteiger partial charge in [-0.3, -0.25) is 4.90 Å². The zero-order valence-electron chi connectivity index (χ0n) is 10.00. The molecule has 0 saturated carbocycles. The smallest absolute Gasteiger partial charge is 0.123 e. The van der Waals surface area contributed by atoms with Gasteiger partial charge in [0.2, 0.25) is 0 Å². The van der Waals surface area contributed by atoms with Crippen LogP contribution in [0.4, 0.5) is 4.39 Å². The van der Waals surface area contributed by atoms with Crippen molar-refractivity contribution in [1.29, 1.82) is 5.26 Å². The zero-order chi connectivity index (χ0) is 13.0. The van der Waals surface area contributed by atoms with Crippen molar-refractivity contribution in [3.63, 3.8) is 0 Å². The Hall–Kier alpha value is -1.15. The SMILES string of the molecule is N#CC[C@@H](c1cc(F)ccc1Cl)N1CCNCC1. The van der Waals surface area contributed by atoms with E-state index in [1.165, 1.54) is 12.1 Å². The van der Waals surface area contributed by atoms with Gasteiger partial charge in [0.05, 0.1) is 12.5 Å². The normalized spacial score (nSPS) is 18.3. The van der Waals surface area contributed by atoms with Crippen LogP contribution in [-0.4, -0.2) is 31.1 Å². The number of nitrogens with zero attached hydrogens (tertiary/aromatic N) is 2. The Kier molecular flexibility index (Phi) is 4.54. The summed E-state index contributed by atoms with van der Waals surface area (Å²) in [7, 11) is 0. The Morgan fingerprint density at radius 1 is 1.44 bits per heavy atom. The minimum atomic E-state index is -0.313. The molecule has 0 bridgehead atoms. The minimum Gasteiger partial charge on any atom is -0.314 e. The maximum Gasteiger partial charge on any atom is 0.123 e. The standard InChI is InChI=1S/C13H15ClFN3/c14-12-2-1-10(15)9-11(12)13(3-4-16)18-7-5-17-6-8-18/h1-2,9,13,17H,3,5-8H2/t13-/m0/s1. The van der Waals surface area contributed by atoms with E-state index in [4.69, 9.17) is 16.9 Å². The number of nitriles is 1. The van der Waals surface area contributed by atoms with Crippen molar-refractivity contribution in [1.82, 2.24) is 10.2 Å². The second-order valence-corrected chi connectivity index (χ2v) is 4.74. The van der Waals surface area contributed by atoms with Crippen molar-refractivity contribution in [2.75, 3.05) is 26.2 Å². The van der Waals surface area contributed by atoms with Gasteiger partial charge >= 0.3 is 0 Å². The first-order chi connectivity index (χ1) is 8.72. The molecule has 1 heterocycles. The van der Waals surface area contributed by atoms with E-state index in [0.717, 1.165) is 26.2 Å². The first-order valence-electron chi connectivity index (χ1n) is 5.99. The number of benzene rings is 1. The third kappa shape index (κ3) is 2.99. The van der Waals surface area contributed by atoms with Crippen LogP contribution < -0.4 is 5.32 Å². The summed E-state index contributed by atoms with van der Waals surface area (Å²) in [6.07, 6.45) is 0.323. The molecule has 1 atom stereocenters. The Balaban J connectivity index is 2.28. The van der Waals surface area contributed by atoms with Crippen molar-refractivity contribution < 1.29 is 4.39 Å². The lowest BCUT2D eigenvalue weighted by molar-refractivity contribution is 0.175. The van der Waals surface area contributed by atoms with E-state index in [1.54, 1.807) is 6.07 Å². The first kappa shape index (κ1) is 13.3. The Morgan fingerprint density at radius 3 is 2.83 bits per heavy atom. The number of piperazine rings is 1. The second kappa shape index (κ2) is 6.14. The summed E-state index contributed by atoms with van der Waals surface area (Å²) in [5.74, 6) is -0.313. The average molecular weight is 268 g/mol. The molecular weight excluding hydrogens is 253 g/mol. The molecule has 5 heteroatoms. The van der Waals surface area contributed by atoms with Crippen LogP contribution in [0.1, 0.15) is 18.0 Å². The molecule has 1 aliphatic rings. The Bertz CT molecular complexity index is 452. The van der Waals surface area contributed by atoms with Gasteiger partial charge in [0.1, 0.15) is 5.82 Å². The average Bonchev–Trinajstić information content (AvgIpc) is 2.40. The maximum atomic E-state index is 13.3. The molecule has 1 N–H and O–H groups in total. The predicted octanol–water partition coefficient (Wildman–Crippen LogP) is 2.34. The highest BCUT2D eigenvalue weighted by atomic mass is 35.5. The molecule has 0 unspecified atom stereocenters. The van der Waals surface area contributed by atoms with Gasteiger partial charge in [-0.1, -0.05) is 11.6 Å². The van der Waals surface area contributed by atoms with Crippen LogP contribution in [0.3, 0.4) is 0 Å². The van der Waals surface area contributed by atoms with Crippen molar-refractivity contribution in [3.05, 3.63) is 34.6 Å². The van der Waals surface area contributed by atoms with Gasteiger partial charge in [-0.25, -0.2) is 4.39 Å². The molecule has 1 aromatic carbocycles. The second-order valence-electron chi connectivity index (χ2n) is 4.33. The van der Waals surface area contributed by atoms with E-state index in [2.05, 4.69) is 16.3 Å². The van der Waals surface area contributed by atoms with E-state index in [1.807, 2.05) is 0 Å². The highest BCUT2D eigenvalue weighted by Gasteiger charge is 2.24. The van der Waals surface area contributed by atoms with Gasteiger partial charge in [-0.15, -0.1) is 0 Å². The summed E-state index contributed by atoms with van der Waals surface area (Å²) >= 11 is 6.13. The molecule has 0 amide bonds.